The minimum absolute atomic E-state index is 0.0893. The van der Waals surface area contributed by atoms with Crippen LogP contribution in [-0.4, -0.2) is 37.6 Å². The summed E-state index contributed by atoms with van der Waals surface area (Å²) >= 11 is 0. The number of benzene rings is 1. The molecule has 2 N–H and O–H groups in total. The van der Waals surface area contributed by atoms with Crippen LogP contribution in [0.15, 0.2) is 18.2 Å². The van der Waals surface area contributed by atoms with Crippen LogP contribution in [0.1, 0.15) is 32.3 Å². The molecular weight excluding hydrogens is 273 g/mol. The molecule has 0 aromatic heterocycles. The van der Waals surface area contributed by atoms with Crippen molar-refractivity contribution in [3.8, 4) is 5.75 Å². The Balaban J connectivity index is 2.71. The zero-order valence-corrected chi connectivity index (χ0v) is 13.1. The summed E-state index contributed by atoms with van der Waals surface area (Å²) in [5.74, 6) is -0.196. The summed E-state index contributed by atoms with van der Waals surface area (Å²) < 4.78 is 24.5. The predicted molar refractivity (Wildman–Crippen MR) is 81.0 cm³/mol. The second-order valence-electron chi connectivity index (χ2n) is 5.12. The molecule has 0 aliphatic carbocycles. The van der Waals surface area contributed by atoms with E-state index in [4.69, 9.17) is 9.47 Å². The molecular formula is C16H26FNO3. The maximum Gasteiger partial charge on any atom is 0.165 e. The summed E-state index contributed by atoms with van der Waals surface area (Å²) in [5, 5.41) is 13.4. The summed E-state index contributed by atoms with van der Waals surface area (Å²) in [5.41, 5.74) is -0.177. The van der Waals surface area contributed by atoms with Crippen LogP contribution >= 0.6 is 0 Å². The van der Waals surface area contributed by atoms with Crippen LogP contribution in [0.5, 0.6) is 5.75 Å². The SMILES string of the molecule is CCC(O)(CC)COc1c(F)cccc1CNCCOC. The monoisotopic (exact) mass is 299 g/mol. The fourth-order valence-corrected chi connectivity index (χ4v) is 1.91. The lowest BCUT2D eigenvalue weighted by Crippen LogP contribution is -2.34. The number of rotatable bonds is 10. The van der Waals surface area contributed by atoms with Gasteiger partial charge in [0.25, 0.3) is 0 Å². The first-order valence-electron chi connectivity index (χ1n) is 7.38. The fourth-order valence-electron chi connectivity index (χ4n) is 1.91. The Labute approximate surface area is 126 Å². The first-order valence-corrected chi connectivity index (χ1v) is 7.38. The zero-order chi connectivity index (χ0) is 15.7. The van der Waals surface area contributed by atoms with Crippen molar-refractivity contribution >= 4 is 0 Å². The third kappa shape index (κ3) is 5.61. The topological polar surface area (TPSA) is 50.7 Å². The molecule has 0 heterocycles. The van der Waals surface area contributed by atoms with Crippen LogP contribution < -0.4 is 10.1 Å². The number of halogens is 1. The van der Waals surface area contributed by atoms with Crippen molar-refractivity contribution in [3.05, 3.63) is 29.6 Å². The van der Waals surface area contributed by atoms with E-state index in [1.807, 2.05) is 19.9 Å². The van der Waals surface area contributed by atoms with Crippen molar-refractivity contribution in [3.63, 3.8) is 0 Å². The van der Waals surface area contributed by atoms with Gasteiger partial charge >= 0.3 is 0 Å². The van der Waals surface area contributed by atoms with Gasteiger partial charge in [0, 0.05) is 25.8 Å². The van der Waals surface area contributed by atoms with Crippen LogP contribution in [-0.2, 0) is 11.3 Å². The number of para-hydroxylation sites is 1. The molecule has 0 atom stereocenters. The first-order chi connectivity index (χ1) is 10.1. The van der Waals surface area contributed by atoms with Gasteiger partial charge in [0.2, 0.25) is 0 Å². The molecule has 0 fully saturated rings. The summed E-state index contributed by atoms with van der Waals surface area (Å²) in [6.07, 6.45) is 1.14. The summed E-state index contributed by atoms with van der Waals surface area (Å²) in [4.78, 5) is 0. The van der Waals surface area contributed by atoms with E-state index >= 15 is 0 Å². The van der Waals surface area contributed by atoms with Crippen LogP contribution in [0.2, 0.25) is 0 Å². The standard InChI is InChI=1S/C16H26FNO3/c1-4-16(19,5-2)12-21-15-13(7-6-8-14(15)17)11-18-9-10-20-3/h6-8,18-19H,4-5,9-12H2,1-3H3. The van der Waals surface area contributed by atoms with Gasteiger partial charge in [-0.25, -0.2) is 4.39 Å². The van der Waals surface area contributed by atoms with Crippen LogP contribution in [0.4, 0.5) is 4.39 Å². The quantitative estimate of drug-likeness (QED) is 0.652. The maximum atomic E-state index is 13.9. The largest absolute Gasteiger partial charge is 0.487 e. The average molecular weight is 299 g/mol. The highest BCUT2D eigenvalue weighted by Gasteiger charge is 2.24. The van der Waals surface area contributed by atoms with Gasteiger partial charge in [-0.3, -0.25) is 0 Å². The number of nitrogens with one attached hydrogen (secondary N) is 1. The lowest BCUT2D eigenvalue weighted by molar-refractivity contribution is -0.0126. The third-order valence-electron chi connectivity index (χ3n) is 3.65. The molecule has 0 amide bonds. The van der Waals surface area contributed by atoms with E-state index in [9.17, 15) is 9.50 Å². The van der Waals surface area contributed by atoms with Crippen molar-refractivity contribution in [2.45, 2.75) is 38.8 Å². The number of methoxy groups -OCH3 is 1. The molecule has 0 unspecified atom stereocenters. The van der Waals surface area contributed by atoms with Crippen molar-refractivity contribution in [2.24, 2.45) is 0 Å². The second kappa shape index (κ2) is 8.97. The van der Waals surface area contributed by atoms with Gasteiger partial charge in [-0.1, -0.05) is 26.0 Å². The molecule has 1 rings (SSSR count). The molecule has 4 nitrogen and oxygen atoms in total. The first kappa shape index (κ1) is 17.9. The molecule has 1 aromatic carbocycles. The van der Waals surface area contributed by atoms with Gasteiger partial charge in [0.15, 0.2) is 11.6 Å². The van der Waals surface area contributed by atoms with E-state index in [-0.39, 0.29) is 12.4 Å². The smallest absolute Gasteiger partial charge is 0.165 e. The average Bonchev–Trinajstić information content (AvgIpc) is 2.50. The lowest BCUT2D eigenvalue weighted by Gasteiger charge is -2.26. The van der Waals surface area contributed by atoms with Crippen molar-refractivity contribution < 1.29 is 19.0 Å². The Hall–Kier alpha value is -1.17. The number of ether oxygens (including phenoxy) is 2. The van der Waals surface area contributed by atoms with E-state index in [0.29, 0.717) is 32.5 Å². The van der Waals surface area contributed by atoms with Gasteiger partial charge in [0.05, 0.1) is 12.2 Å². The van der Waals surface area contributed by atoms with E-state index in [0.717, 1.165) is 5.56 Å². The zero-order valence-electron chi connectivity index (χ0n) is 13.1. The van der Waals surface area contributed by atoms with Crippen molar-refractivity contribution in [1.82, 2.24) is 5.32 Å². The molecule has 21 heavy (non-hydrogen) atoms. The highest BCUT2D eigenvalue weighted by molar-refractivity contribution is 5.35. The van der Waals surface area contributed by atoms with E-state index < -0.39 is 11.4 Å². The number of hydrogen-bond donors (Lipinski definition) is 2. The van der Waals surface area contributed by atoms with Crippen LogP contribution in [0, 0.1) is 5.82 Å². The lowest BCUT2D eigenvalue weighted by atomic mass is 9.99. The van der Waals surface area contributed by atoms with Crippen LogP contribution in [0.25, 0.3) is 0 Å². The molecule has 0 aliphatic rings. The Morgan fingerprint density at radius 3 is 2.62 bits per heavy atom. The molecule has 0 aliphatic heterocycles. The molecule has 0 spiro atoms. The van der Waals surface area contributed by atoms with Gasteiger partial charge in [-0.05, 0) is 18.9 Å². The predicted octanol–water partition coefficient (Wildman–Crippen LogP) is 2.49. The summed E-state index contributed by atoms with van der Waals surface area (Å²) in [7, 11) is 1.63. The van der Waals surface area contributed by atoms with Gasteiger partial charge < -0.3 is 19.9 Å². The minimum atomic E-state index is -0.914. The Morgan fingerprint density at radius 2 is 2.00 bits per heavy atom. The fraction of sp³-hybridized carbons (Fsp3) is 0.625. The number of aliphatic hydroxyl groups is 1. The molecule has 1 aromatic rings. The molecule has 120 valence electrons. The molecule has 0 saturated carbocycles. The highest BCUT2D eigenvalue weighted by atomic mass is 19.1. The highest BCUT2D eigenvalue weighted by Crippen LogP contribution is 2.25. The molecule has 0 radical (unpaired) electrons. The third-order valence-corrected chi connectivity index (χ3v) is 3.65. The Morgan fingerprint density at radius 1 is 1.29 bits per heavy atom. The number of hydrogen-bond acceptors (Lipinski definition) is 4. The van der Waals surface area contributed by atoms with Crippen molar-refractivity contribution in [2.75, 3.05) is 26.9 Å². The Bertz CT molecular complexity index is 422. The van der Waals surface area contributed by atoms with Gasteiger partial charge in [0.1, 0.15) is 6.61 Å². The summed E-state index contributed by atoms with van der Waals surface area (Å²) in [6.45, 7) is 5.64. The van der Waals surface area contributed by atoms with E-state index in [2.05, 4.69) is 5.32 Å². The summed E-state index contributed by atoms with van der Waals surface area (Å²) in [6, 6.07) is 4.83. The van der Waals surface area contributed by atoms with E-state index in [1.54, 1.807) is 13.2 Å². The van der Waals surface area contributed by atoms with E-state index in [1.165, 1.54) is 6.07 Å². The minimum Gasteiger partial charge on any atom is -0.487 e. The normalized spacial score (nSPS) is 11.7. The van der Waals surface area contributed by atoms with Gasteiger partial charge in [-0.2, -0.15) is 0 Å². The maximum absolute atomic E-state index is 13.9. The molecule has 0 bridgehead atoms. The van der Waals surface area contributed by atoms with Crippen LogP contribution in [0.3, 0.4) is 0 Å². The van der Waals surface area contributed by atoms with Gasteiger partial charge in [-0.15, -0.1) is 0 Å². The van der Waals surface area contributed by atoms with Crippen molar-refractivity contribution in [1.29, 1.82) is 0 Å². The molecule has 5 heteroatoms. The Kier molecular flexibility index (Phi) is 7.64. The second-order valence-corrected chi connectivity index (χ2v) is 5.12. The molecule has 0 saturated heterocycles.